The van der Waals surface area contributed by atoms with Gasteiger partial charge in [-0.1, -0.05) is 11.2 Å². The van der Waals surface area contributed by atoms with Gasteiger partial charge in [0, 0.05) is 35.9 Å². The van der Waals surface area contributed by atoms with Crippen LogP contribution in [-0.2, 0) is 23.0 Å². The lowest BCUT2D eigenvalue weighted by molar-refractivity contribution is 0.116. The maximum Gasteiger partial charge on any atom is 0.217 e. The molecule has 2 aliphatic carbocycles. The topological polar surface area (TPSA) is 123 Å². The molecule has 2 fully saturated rings. The van der Waals surface area contributed by atoms with Crippen LogP contribution in [0.4, 0.5) is 5.69 Å². The van der Waals surface area contributed by atoms with Crippen molar-refractivity contribution in [1.82, 2.24) is 20.0 Å². The Bertz CT molecular complexity index is 1490. The predicted octanol–water partition coefficient (Wildman–Crippen LogP) is 4.52. The van der Waals surface area contributed by atoms with E-state index in [1.54, 1.807) is 0 Å². The number of hydrogen-bond donors (Lipinski definition) is 1. The minimum absolute atomic E-state index is 0.00210. The lowest BCUT2D eigenvalue weighted by Crippen LogP contribution is -2.38. The van der Waals surface area contributed by atoms with Gasteiger partial charge >= 0.3 is 0 Å². The number of nitrogens with zero attached hydrogens (tertiary/aromatic N) is 5. The van der Waals surface area contributed by atoms with Crippen LogP contribution < -0.4 is 10.5 Å². The quantitative estimate of drug-likeness (QED) is 0.465. The summed E-state index contributed by atoms with van der Waals surface area (Å²) >= 11 is 0. The van der Waals surface area contributed by atoms with E-state index >= 15 is 0 Å². The maximum atomic E-state index is 10.0. The van der Waals surface area contributed by atoms with Crippen molar-refractivity contribution >= 4 is 5.69 Å². The number of hydrogen-bond acceptors (Lipinski definition) is 9. The van der Waals surface area contributed by atoms with E-state index in [2.05, 4.69) is 36.2 Å². The Morgan fingerprint density at radius 1 is 1.20 bits per heavy atom. The first-order valence-corrected chi connectivity index (χ1v) is 14.6. The van der Waals surface area contributed by atoms with E-state index in [-0.39, 0.29) is 12.0 Å². The lowest BCUT2D eigenvalue weighted by atomic mass is 9.68. The van der Waals surface area contributed by atoms with Crippen molar-refractivity contribution in [2.24, 2.45) is 0 Å². The van der Waals surface area contributed by atoms with E-state index < -0.39 is 5.41 Å². The average Bonchev–Trinajstić information content (AvgIpc) is 3.76. The third kappa shape index (κ3) is 4.00. The van der Waals surface area contributed by atoms with Crippen LogP contribution in [0.1, 0.15) is 85.1 Å². The number of fused-ring (bicyclic) bond motifs is 4. The fraction of sp³-hybridized carbons (Fsp3) is 0.548. The molecule has 40 heavy (non-hydrogen) atoms. The minimum Gasteiger partial charge on any atom is -0.473 e. The second-order valence-corrected chi connectivity index (χ2v) is 12.0. The standard InChI is InChI=1S/C31H36N6O3/c1-18(25-6-4-13-37(25)2)39-26-15-24(20-10-14-38-17-20)34-30(35-26)28-21-5-3-11-31(29(21)40-36-28)12-9-19-7-8-23(33)22(16-32)27(19)31/h7-8,15,18,20,25H,3-6,9-14,17,33H2,1-2H3. The molecular formula is C31H36N6O3. The second kappa shape index (κ2) is 9.86. The van der Waals surface area contributed by atoms with Gasteiger partial charge in [0.15, 0.2) is 17.3 Å². The summed E-state index contributed by atoms with van der Waals surface area (Å²) in [5, 5.41) is 14.6. The number of likely N-dealkylation sites (N-methyl/N-ethyl adjacent to an activating group) is 1. The zero-order chi connectivity index (χ0) is 27.4. The van der Waals surface area contributed by atoms with Crippen LogP contribution in [0.3, 0.4) is 0 Å². The summed E-state index contributed by atoms with van der Waals surface area (Å²) in [6.45, 7) is 4.60. The number of nitriles is 1. The molecule has 9 nitrogen and oxygen atoms in total. The summed E-state index contributed by atoms with van der Waals surface area (Å²) < 4.78 is 18.4. The Hall–Kier alpha value is -3.48. The van der Waals surface area contributed by atoms with Gasteiger partial charge in [-0.25, -0.2) is 4.98 Å². The third-order valence-corrected chi connectivity index (χ3v) is 9.70. The van der Waals surface area contributed by atoms with Crippen molar-refractivity contribution in [2.45, 2.75) is 81.8 Å². The highest BCUT2D eigenvalue weighted by molar-refractivity contribution is 5.68. The number of aryl methyl sites for hydroxylation is 1. The van der Waals surface area contributed by atoms with Gasteiger partial charge in [0.25, 0.3) is 0 Å². The molecule has 4 aliphatic rings. The van der Waals surface area contributed by atoms with Gasteiger partial charge in [-0.05, 0) is 89.1 Å². The highest BCUT2D eigenvalue weighted by Gasteiger charge is 2.49. The smallest absolute Gasteiger partial charge is 0.217 e. The van der Waals surface area contributed by atoms with Crippen molar-refractivity contribution in [3.05, 3.63) is 51.9 Å². The molecule has 0 bridgehead atoms. The molecule has 208 valence electrons. The third-order valence-electron chi connectivity index (χ3n) is 9.70. The molecule has 2 aromatic heterocycles. The SMILES string of the molecule is CC(Oc1cc(C2CCOC2)nc(-c2noc3c2CCCC32CCc3ccc(N)c(C#N)c32)n1)C1CCCN1C. The molecule has 0 saturated carbocycles. The Morgan fingerprint density at radius 2 is 2.10 bits per heavy atom. The highest BCUT2D eigenvalue weighted by atomic mass is 16.5. The Morgan fingerprint density at radius 3 is 2.88 bits per heavy atom. The summed E-state index contributed by atoms with van der Waals surface area (Å²) in [4.78, 5) is 12.3. The maximum absolute atomic E-state index is 10.0. The number of benzene rings is 1. The molecule has 2 aliphatic heterocycles. The Labute approximate surface area is 234 Å². The molecule has 1 aromatic carbocycles. The summed E-state index contributed by atoms with van der Waals surface area (Å²) in [5.74, 6) is 2.16. The fourth-order valence-corrected chi connectivity index (χ4v) is 7.64. The first-order chi connectivity index (χ1) is 19.5. The molecule has 2 N–H and O–H groups in total. The van der Waals surface area contributed by atoms with E-state index in [9.17, 15) is 5.26 Å². The highest BCUT2D eigenvalue weighted by Crippen LogP contribution is 2.54. The lowest BCUT2D eigenvalue weighted by Gasteiger charge is -2.33. The molecule has 9 heteroatoms. The first-order valence-electron chi connectivity index (χ1n) is 14.6. The number of nitrogen functional groups attached to an aromatic ring is 1. The molecule has 0 amide bonds. The molecular weight excluding hydrogens is 504 g/mol. The van der Waals surface area contributed by atoms with Crippen molar-refractivity contribution in [3.8, 4) is 23.5 Å². The number of nitrogens with two attached hydrogens (primary N) is 1. The molecule has 4 unspecified atom stereocenters. The van der Waals surface area contributed by atoms with E-state index in [4.69, 9.17) is 29.7 Å². The molecule has 4 atom stereocenters. The van der Waals surface area contributed by atoms with E-state index in [1.165, 1.54) is 12.0 Å². The average molecular weight is 541 g/mol. The van der Waals surface area contributed by atoms with Crippen molar-refractivity contribution in [2.75, 3.05) is 32.5 Å². The van der Waals surface area contributed by atoms with E-state index in [0.717, 1.165) is 80.7 Å². The minimum atomic E-state index is -0.396. The molecule has 2 saturated heterocycles. The zero-order valence-electron chi connectivity index (χ0n) is 23.3. The largest absolute Gasteiger partial charge is 0.473 e. The van der Waals surface area contributed by atoms with Gasteiger partial charge in [0.05, 0.1) is 23.3 Å². The van der Waals surface area contributed by atoms with Crippen molar-refractivity contribution < 1.29 is 14.0 Å². The number of ether oxygens (including phenoxy) is 2. The van der Waals surface area contributed by atoms with Gasteiger partial charge in [-0.3, -0.25) is 4.90 Å². The fourth-order valence-electron chi connectivity index (χ4n) is 7.64. The zero-order valence-corrected chi connectivity index (χ0v) is 23.3. The van der Waals surface area contributed by atoms with Crippen LogP contribution in [0, 0.1) is 11.3 Å². The second-order valence-electron chi connectivity index (χ2n) is 12.0. The van der Waals surface area contributed by atoms with Gasteiger partial charge in [0.1, 0.15) is 12.2 Å². The monoisotopic (exact) mass is 540 g/mol. The van der Waals surface area contributed by atoms with Crippen molar-refractivity contribution in [1.29, 1.82) is 5.26 Å². The van der Waals surface area contributed by atoms with Crippen LogP contribution in [-0.4, -0.2) is 59.0 Å². The van der Waals surface area contributed by atoms with Gasteiger partial charge in [0.2, 0.25) is 5.88 Å². The molecule has 0 radical (unpaired) electrons. The molecule has 1 spiro atoms. The molecule has 7 rings (SSSR count). The Kier molecular flexibility index (Phi) is 6.28. The van der Waals surface area contributed by atoms with Gasteiger partial charge in [-0.15, -0.1) is 0 Å². The van der Waals surface area contributed by atoms with E-state index in [1.807, 2.05) is 12.1 Å². The predicted molar refractivity (Wildman–Crippen MR) is 149 cm³/mol. The Balaban J connectivity index is 1.30. The summed E-state index contributed by atoms with van der Waals surface area (Å²) in [7, 11) is 2.16. The number of rotatable bonds is 5. The van der Waals surface area contributed by atoms with Crippen LogP contribution in [0.2, 0.25) is 0 Å². The number of likely N-dealkylation sites (tertiary alicyclic amines) is 1. The van der Waals surface area contributed by atoms with Gasteiger partial charge < -0.3 is 19.7 Å². The van der Waals surface area contributed by atoms with Crippen LogP contribution in [0.25, 0.3) is 11.5 Å². The van der Waals surface area contributed by atoms with Crippen LogP contribution in [0.5, 0.6) is 5.88 Å². The number of anilines is 1. The molecule has 4 heterocycles. The van der Waals surface area contributed by atoms with Gasteiger partial charge in [-0.2, -0.15) is 10.2 Å². The molecule has 3 aromatic rings. The first kappa shape index (κ1) is 25.5. The van der Waals surface area contributed by atoms with Crippen LogP contribution in [0.15, 0.2) is 22.7 Å². The normalized spacial score (nSPS) is 26.5. The van der Waals surface area contributed by atoms with Crippen molar-refractivity contribution in [3.63, 3.8) is 0 Å². The number of aromatic nitrogens is 3. The summed E-state index contributed by atoms with van der Waals surface area (Å²) in [6, 6.07) is 8.64. The van der Waals surface area contributed by atoms with Crippen LogP contribution >= 0.6 is 0 Å². The summed E-state index contributed by atoms with van der Waals surface area (Å²) in [6.07, 6.45) is 7.69. The summed E-state index contributed by atoms with van der Waals surface area (Å²) in [5.41, 5.74) is 11.8. The van der Waals surface area contributed by atoms with E-state index in [0.29, 0.717) is 41.3 Å².